The molecule has 6 heteroatoms. The van der Waals surface area contributed by atoms with Gasteiger partial charge in [-0.2, -0.15) is 0 Å². The molecule has 1 rings (SSSR count). The van der Waals surface area contributed by atoms with Crippen molar-refractivity contribution in [2.24, 2.45) is 0 Å². The van der Waals surface area contributed by atoms with E-state index in [4.69, 9.17) is 23.2 Å². The normalized spacial score (nSPS) is 15.4. The van der Waals surface area contributed by atoms with Gasteiger partial charge >= 0.3 is 0 Å². The molecule has 2 atom stereocenters. The molecular weight excluding hydrogens is 319 g/mol. The van der Waals surface area contributed by atoms with Gasteiger partial charge in [-0.3, -0.25) is 4.79 Å². The fourth-order valence-electron chi connectivity index (χ4n) is 1.78. The smallest absolute Gasteiger partial charge is 0.249 e. The first kappa shape index (κ1) is 18.2. The Balaban J connectivity index is 3.19. The predicted molar refractivity (Wildman–Crippen MR) is 83.2 cm³/mol. The van der Waals surface area contributed by atoms with Gasteiger partial charge in [-0.15, -0.1) is 23.2 Å². The number of nitrogens with zero attached hydrogens (tertiary/aromatic N) is 1. The first-order valence-corrected chi connectivity index (χ1v) is 7.63. The second-order valence-corrected chi connectivity index (χ2v) is 6.54. The van der Waals surface area contributed by atoms with Crippen LogP contribution in [0.5, 0.6) is 0 Å². The molecule has 0 radical (unpaired) electrons. The van der Waals surface area contributed by atoms with Crippen molar-refractivity contribution in [3.63, 3.8) is 0 Å². The highest BCUT2D eigenvalue weighted by Gasteiger charge is 2.40. The zero-order valence-corrected chi connectivity index (χ0v) is 13.8. The van der Waals surface area contributed by atoms with E-state index >= 15 is 0 Å². The maximum absolute atomic E-state index is 14.0. The summed E-state index contributed by atoms with van der Waals surface area (Å²) in [6, 6.07) is 3.10. The van der Waals surface area contributed by atoms with Crippen molar-refractivity contribution in [1.82, 2.24) is 0 Å². The molecule has 0 aromatic heterocycles. The molecule has 0 fully saturated rings. The highest BCUT2D eigenvalue weighted by molar-refractivity contribution is 6.42. The molecule has 0 saturated carbocycles. The van der Waals surface area contributed by atoms with Gasteiger partial charge in [0.05, 0.1) is 11.1 Å². The van der Waals surface area contributed by atoms with Gasteiger partial charge in [0.2, 0.25) is 5.91 Å². The molecule has 0 heterocycles. The fourth-order valence-corrected chi connectivity index (χ4v) is 1.98. The van der Waals surface area contributed by atoms with Crippen LogP contribution in [0.25, 0.3) is 0 Å². The van der Waals surface area contributed by atoms with E-state index < -0.39 is 27.8 Å². The predicted octanol–water partition coefficient (Wildman–Crippen LogP) is 4.72. The third kappa shape index (κ3) is 4.30. The number of carbonyl (C=O) groups excluding carboxylic acids is 1. The van der Waals surface area contributed by atoms with Crippen LogP contribution in [0.1, 0.15) is 33.6 Å². The summed E-state index contributed by atoms with van der Waals surface area (Å²) in [5.74, 6) is -1.99. The van der Waals surface area contributed by atoms with Crippen LogP contribution in [0.2, 0.25) is 0 Å². The number of hydrogen-bond acceptors (Lipinski definition) is 1. The fraction of sp³-hybridized carbons (Fsp3) is 0.533. The minimum Gasteiger partial charge on any atom is -0.308 e. The maximum atomic E-state index is 14.0. The SMILES string of the molecule is CCCCN(C(=O)C(C)(Cl)C(C)Cl)c1ccc(F)cc1F. The highest BCUT2D eigenvalue weighted by atomic mass is 35.5. The molecular formula is C15H19Cl2F2NO. The van der Waals surface area contributed by atoms with E-state index in [9.17, 15) is 13.6 Å². The first-order valence-electron chi connectivity index (χ1n) is 6.81. The lowest BCUT2D eigenvalue weighted by molar-refractivity contribution is -0.120. The zero-order chi connectivity index (χ0) is 16.2. The van der Waals surface area contributed by atoms with E-state index in [1.807, 2.05) is 6.92 Å². The van der Waals surface area contributed by atoms with Crippen molar-refractivity contribution in [2.45, 2.75) is 43.9 Å². The van der Waals surface area contributed by atoms with Crippen LogP contribution in [0.3, 0.4) is 0 Å². The van der Waals surface area contributed by atoms with Crippen LogP contribution < -0.4 is 4.90 Å². The summed E-state index contributed by atoms with van der Waals surface area (Å²) in [5, 5.41) is -0.640. The number of benzene rings is 1. The summed E-state index contributed by atoms with van der Waals surface area (Å²) >= 11 is 12.2. The first-order chi connectivity index (χ1) is 9.71. The molecule has 0 N–H and O–H groups in total. The van der Waals surface area contributed by atoms with Gasteiger partial charge in [0.1, 0.15) is 16.5 Å². The second kappa shape index (κ2) is 7.41. The molecule has 2 unspecified atom stereocenters. The van der Waals surface area contributed by atoms with Crippen molar-refractivity contribution >= 4 is 34.8 Å². The van der Waals surface area contributed by atoms with E-state index in [1.54, 1.807) is 6.92 Å². The van der Waals surface area contributed by atoms with Gasteiger partial charge in [0.25, 0.3) is 0 Å². The van der Waals surface area contributed by atoms with Gasteiger partial charge in [-0.25, -0.2) is 8.78 Å². The van der Waals surface area contributed by atoms with E-state index in [1.165, 1.54) is 17.9 Å². The van der Waals surface area contributed by atoms with E-state index in [0.717, 1.165) is 18.6 Å². The Bertz CT molecular complexity index is 506. The van der Waals surface area contributed by atoms with E-state index in [-0.39, 0.29) is 5.69 Å². The van der Waals surface area contributed by atoms with Crippen LogP contribution in [-0.2, 0) is 4.79 Å². The average Bonchev–Trinajstić information content (AvgIpc) is 2.40. The molecule has 0 spiro atoms. The Kier molecular flexibility index (Phi) is 6.41. The molecule has 0 aliphatic heterocycles. The van der Waals surface area contributed by atoms with E-state index in [0.29, 0.717) is 13.0 Å². The van der Waals surface area contributed by atoms with Crippen molar-refractivity contribution in [3.8, 4) is 0 Å². The number of alkyl halides is 2. The zero-order valence-electron chi connectivity index (χ0n) is 12.3. The van der Waals surface area contributed by atoms with Crippen molar-refractivity contribution in [2.75, 3.05) is 11.4 Å². The van der Waals surface area contributed by atoms with Gasteiger partial charge < -0.3 is 4.90 Å². The number of carbonyl (C=O) groups is 1. The van der Waals surface area contributed by atoms with Crippen LogP contribution in [0.4, 0.5) is 14.5 Å². The summed E-state index contributed by atoms with van der Waals surface area (Å²) in [5.41, 5.74) is 0.0130. The standard InChI is InChI=1S/C15H19Cl2F2NO/c1-4-5-8-20(14(21)15(3,17)10(2)16)13-7-6-11(18)9-12(13)19/h6-7,9-10H,4-5,8H2,1-3H3. The quantitative estimate of drug-likeness (QED) is 0.687. The van der Waals surface area contributed by atoms with Crippen molar-refractivity contribution in [1.29, 1.82) is 0 Å². The highest BCUT2D eigenvalue weighted by Crippen LogP contribution is 2.30. The third-order valence-electron chi connectivity index (χ3n) is 3.35. The molecule has 0 aliphatic carbocycles. The lowest BCUT2D eigenvalue weighted by Crippen LogP contribution is -2.48. The number of unbranched alkanes of at least 4 members (excludes halogenated alkanes) is 1. The average molecular weight is 338 g/mol. The van der Waals surface area contributed by atoms with Crippen molar-refractivity contribution in [3.05, 3.63) is 29.8 Å². The lowest BCUT2D eigenvalue weighted by atomic mass is 10.0. The topological polar surface area (TPSA) is 20.3 Å². The maximum Gasteiger partial charge on any atom is 0.249 e. The number of anilines is 1. The minimum absolute atomic E-state index is 0.0130. The summed E-state index contributed by atoms with van der Waals surface area (Å²) in [7, 11) is 0. The molecule has 0 aliphatic rings. The molecule has 0 bridgehead atoms. The Morgan fingerprint density at radius 1 is 1.43 bits per heavy atom. The van der Waals surface area contributed by atoms with Gasteiger partial charge in [0, 0.05) is 12.6 Å². The number of amides is 1. The number of hydrogen-bond donors (Lipinski definition) is 0. The van der Waals surface area contributed by atoms with Crippen LogP contribution >= 0.6 is 23.2 Å². The molecule has 118 valence electrons. The van der Waals surface area contributed by atoms with E-state index in [2.05, 4.69) is 0 Å². The van der Waals surface area contributed by atoms with Crippen LogP contribution in [0, 0.1) is 11.6 Å². The van der Waals surface area contributed by atoms with Gasteiger partial charge in [-0.05, 0) is 32.4 Å². The van der Waals surface area contributed by atoms with Crippen LogP contribution in [0.15, 0.2) is 18.2 Å². The number of halogens is 4. The third-order valence-corrected chi connectivity index (χ3v) is 4.38. The monoisotopic (exact) mass is 337 g/mol. The molecule has 21 heavy (non-hydrogen) atoms. The Labute approximate surface area is 134 Å². The van der Waals surface area contributed by atoms with Gasteiger partial charge in [0.15, 0.2) is 0 Å². The summed E-state index contributed by atoms with van der Waals surface area (Å²) in [6.45, 7) is 5.35. The minimum atomic E-state index is -1.36. The summed E-state index contributed by atoms with van der Waals surface area (Å²) in [4.78, 5) is 12.5. The van der Waals surface area contributed by atoms with Gasteiger partial charge in [-0.1, -0.05) is 13.3 Å². The molecule has 1 amide bonds. The number of rotatable bonds is 6. The van der Waals surface area contributed by atoms with Crippen molar-refractivity contribution < 1.29 is 13.6 Å². The van der Waals surface area contributed by atoms with Crippen LogP contribution in [-0.4, -0.2) is 22.7 Å². The second-order valence-electron chi connectivity index (χ2n) is 5.10. The Morgan fingerprint density at radius 3 is 2.52 bits per heavy atom. The molecule has 1 aromatic carbocycles. The largest absolute Gasteiger partial charge is 0.308 e. The summed E-state index contributed by atoms with van der Waals surface area (Å²) < 4.78 is 27.0. The Hall–Kier alpha value is -0.870. The molecule has 0 saturated heterocycles. The lowest BCUT2D eigenvalue weighted by Gasteiger charge is -2.32. The molecule has 2 nitrogen and oxygen atoms in total. The Morgan fingerprint density at radius 2 is 2.05 bits per heavy atom. The summed E-state index contributed by atoms with van der Waals surface area (Å²) in [6.07, 6.45) is 1.49. The molecule has 1 aromatic rings.